The van der Waals surface area contributed by atoms with Crippen LogP contribution in [0.15, 0.2) is 22.8 Å². The summed E-state index contributed by atoms with van der Waals surface area (Å²) in [5.41, 5.74) is 1.45. The number of carboxylic acids is 1. The van der Waals surface area contributed by atoms with Gasteiger partial charge in [0.05, 0.1) is 5.02 Å². The molecule has 0 aliphatic rings. The van der Waals surface area contributed by atoms with E-state index in [1.165, 1.54) is 0 Å². The summed E-state index contributed by atoms with van der Waals surface area (Å²) in [6.07, 6.45) is 1.49. The molecule has 0 aliphatic carbocycles. The van der Waals surface area contributed by atoms with E-state index in [-0.39, 0.29) is 36.0 Å². The molecule has 0 atom stereocenters. The molecule has 6 heteroatoms. The number of hydrogen-bond donors (Lipinski definition) is 1. The van der Waals surface area contributed by atoms with Crippen LogP contribution in [0.5, 0.6) is 0 Å². The van der Waals surface area contributed by atoms with Gasteiger partial charge < -0.3 is 14.9 Å². The molecule has 0 radical (unpaired) electrons. The van der Waals surface area contributed by atoms with Crippen LogP contribution in [0.3, 0.4) is 0 Å². The van der Waals surface area contributed by atoms with E-state index in [0.717, 1.165) is 15.4 Å². The molecule has 1 N–H and O–H groups in total. The number of halogens is 2. The summed E-state index contributed by atoms with van der Waals surface area (Å²) < 4.78 is 0.746. The summed E-state index contributed by atoms with van der Waals surface area (Å²) in [6.45, 7) is 0. The van der Waals surface area contributed by atoms with E-state index in [1.54, 1.807) is 6.20 Å². The van der Waals surface area contributed by atoms with Crippen molar-refractivity contribution in [1.82, 2.24) is 4.98 Å². The van der Waals surface area contributed by atoms with Crippen molar-refractivity contribution in [3.05, 3.63) is 33.4 Å². The van der Waals surface area contributed by atoms with Crippen molar-refractivity contribution >= 4 is 44.4 Å². The van der Waals surface area contributed by atoms with Gasteiger partial charge >= 0.3 is 29.6 Å². The minimum atomic E-state index is -1.12. The van der Waals surface area contributed by atoms with Gasteiger partial charge in [-0.1, -0.05) is 11.6 Å². The normalized spacial score (nSPS) is 10.1. The third-order valence-corrected chi connectivity index (χ3v) is 3.43. The Morgan fingerprint density at radius 3 is 2.81 bits per heavy atom. The van der Waals surface area contributed by atoms with Gasteiger partial charge in [-0.25, -0.2) is 0 Å². The largest absolute Gasteiger partial charge is 1.00 e. The Morgan fingerprint density at radius 2 is 2.19 bits per heavy atom. The van der Waals surface area contributed by atoms with Gasteiger partial charge in [-0.3, -0.25) is 0 Å². The number of H-pyrrole nitrogens is 1. The number of aromatic nitrogens is 1. The number of aromatic amines is 1. The number of nitrogens with one attached hydrogen (secondary N) is 1. The number of benzene rings is 1. The zero-order valence-corrected chi connectivity index (χ0v) is 12.9. The molecule has 1 aromatic heterocycles. The number of carboxylic acid groups (broad SMARTS) is 1. The van der Waals surface area contributed by atoms with Crippen LogP contribution in [0.4, 0.5) is 0 Å². The van der Waals surface area contributed by atoms with Gasteiger partial charge in [0, 0.05) is 34.0 Å². The van der Waals surface area contributed by atoms with Crippen molar-refractivity contribution in [2.45, 2.75) is 6.42 Å². The molecule has 78 valence electrons. The van der Waals surface area contributed by atoms with Crippen LogP contribution in [0.25, 0.3) is 10.9 Å². The van der Waals surface area contributed by atoms with Crippen molar-refractivity contribution in [1.29, 1.82) is 0 Å². The molecular formula is C10H6BrClNNaO2. The molecule has 2 rings (SSSR count). The first kappa shape index (κ1) is 14.1. The number of rotatable bonds is 2. The molecular weight excluding hydrogens is 304 g/mol. The van der Waals surface area contributed by atoms with E-state index in [9.17, 15) is 9.90 Å². The van der Waals surface area contributed by atoms with E-state index in [4.69, 9.17) is 11.6 Å². The van der Waals surface area contributed by atoms with Gasteiger partial charge in [0.2, 0.25) is 0 Å². The molecule has 3 nitrogen and oxygen atoms in total. The SMILES string of the molecule is O=C([O-])Cc1c[nH]c2ccc(Br)c(Cl)c12.[Na+]. The average Bonchev–Trinajstić information content (AvgIpc) is 2.55. The number of fused-ring (bicyclic) bond motifs is 1. The Hall–Kier alpha value is 0.000000000000000333. The molecule has 0 saturated carbocycles. The molecule has 1 aromatic carbocycles. The Balaban J connectivity index is 0.00000128. The van der Waals surface area contributed by atoms with E-state index in [2.05, 4.69) is 20.9 Å². The summed E-state index contributed by atoms with van der Waals surface area (Å²) in [5.74, 6) is -1.12. The monoisotopic (exact) mass is 309 g/mol. The quantitative estimate of drug-likeness (QED) is 0.715. The molecule has 0 aliphatic heterocycles. The third-order valence-electron chi connectivity index (χ3n) is 2.15. The first-order valence-electron chi connectivity index (χ1n) is 4.23. The predicted octanol–water partition coefficient (Wildman–Crippen LogP) is -1.12. The van der Waals surface area contributed by atoms with Gasteiger partial charge in [0.25, 0.3) is 0 Å². The van der Waals surface area contributed by atoms with Gasteiger partial charge in [-0.2, -0.15) is 0 Å². The standard InChI is InChI=1S/C10H7BrClNO2.Na/c11-6-1-2-7-9(10(6)12)5(4-13-7)3-8(14)15;/h1-2,4,13H,3H2,(H,14,15);/q;+1/p-1. The minimum Gasteiger partial charge on any atom is -0.550 e. The van der Waals surface area contributed by atoms with Crippen LogP contribution in [0.1, 0.15) is 5.56 Å². The molecule has 2 aromatic rings. The van der Waals surface area contributed by atoms with Gasteiger partial charge in [0.1, 0.15) is 0 Å². The van der Waals surface area contributed by atoms with E-state index in [0.29, 0.717) is 10.6 Å². The molecule has 1 heterocycles. The summed E-state index contributed by atoms with van der Waals surface area (Å²) in [6, 6.07) is 3.65. The summed E-state index contributed by atoms with van der Waals surface area (Å²) in [5, 5.41) is 11.8. The van der Waals surface area contributed by atoms with Crippen LogP contribution in [-0.4, -0.2) is 11.0 Å². The second-order valence-corrected chi connectivity index (χ2v) is 4.38. The minimum absolute atomic E-state index is 0. The first-order chi connectivity index (χ1) is 7.09. The summed E-state index contributed by atoms with van der Waals surface area (Å²) in [4.78, 5) is 13.5. The second kappa shape index (κ2) is 5.56. The third kappa shape index (κ3) is 2.63. The van der Waals surface area contributed by atoms with E-state index in [1.807, 2.05) is 12.1 Å². The fourth-order valence-corrected chi connectivity index (χ4v) is 2.13. The van der Waals surface area contributed by atoms with Gasteiger partial charge in [0.15, 0.2) is 0 Å². The average molecular weight is 311 g/mol. The van der Waals surface area contributed by atoms with Crippen LogP contribution < -0.4 is 34.7 Å². The topological polar surface area (TPSA) is 55.9 Å². The number of hydrogen-bond acceptors (Lipinski definition) is 2. The number of aliphatic carboxylic acids is 1. The number of carbonyl (C=O) groups is 1. The zero-order valence-electron chi connectivity index (χ0n) is 8.51. The molecule has 0 bridgehead atoms. The molecule has 0 fully saturated rings. The van der Waals surface area contributed by atoms with Gasteiger partial charge in [-0.05, 0) is 33.6 Å². The van der Waals surface area contributed by atoms with Crippen LogP contribution >= 0.6 is 27.5 Å². The molecule has 16 heavy (non-hydrogen) atoms. The van der Waals surface area contributed by atoms with Crippen molar-refractivity contribution in [3.63, 3.8) is 0 Å². The first-order valence-corrected chi connectivity index (χ1v) is 5.40. The van der Waals surface area contributed by atoms with E-state index >= 15 is 0 Å². The van der Waals surface area contributed by atoms with Crippen molar-refractivity contribution < 1.29 is 39.5 Å². The maximum atomic E-state index is 10.5. The smallest absolute Gasteiger partial charge is 0.550 e. The molecule has 0 saturated heterocycles. The predicted molar refractivity (Wildman–Crippen MR) is 59.7 cm³/mol. The fraction of sp³-hybridized carbons (Fsp3) is 0.100. The Labute approximate surface area is 128 Å². The Morgan fingerprint density at radius 1 is 1.50 bits per heavy atom. The Kier molecular flexibility index (Phi) is 4.88. The van der Waals surface area contributed by atoms with Crippen molar-refractivity contribution in [2.24, 2.45) is 0 Å². The van der Waals surface area contributed by atoms with Crippen molar-refractivity contribution in [2.75, 3.05) is 0 Å². The molecule has 0 spiro atoms. The van der Waals surface area contributed by atoms with Crippen LogP contribution in [0, 0.1) is 0 Å². The van der Waals surface area contributed by atoms with Crippen LogP contribution in [-0.2, 0) is 11.2 Å². The maximum Gasteiger partial charge on any atom is 1.00 e. The van der Waals surface area contributed by atoms with Crippen molar-refractivity contribution in [3.8, 4) is 0 Å². The van der Waals surface area contributed by atoms with E-state index < -0.39 is 5.97 Å². The van der Waals surface area contributed by atoms with Gasteiger partial charge in [-0.15, -0.1) is 0 Å². The molecule has 0 amide bonds. The maximum absolute atomic E-state index is 10.5. The number of carbonyl (C=O) groups excluding carboxylic acids is 1. The summed E-state index contributed by atoms with van der Waals surface area (Å²) >= 11 is 9.37. The zero-order chi connectivity index (χ0) is 11.0. The second-order valence-electron chi connectivity index (χ2n) is 3.15. The molecule has 0 unspecified atom stereocenters. The summed E-state index contributed by atoms with van der Waals surface area (Å²) in [7, 11) is 0. The van der Waals surface area contributed by atoms with Crippen LogP contribution in [0.2, 0.25) is 5.02 Å². The Bertz CT molecular complexity index is 541. The fourth-order valence-electron chi connectivity index (χ4n) is 1.52.